The van der Waals surface area contributed by atoms with E-state index in [0.717, 1.165) is 30.1 Å². The molecular formula is C31H52O3. The smallest absolute Gasteiger partial charge is 0.307 e. The maximum absolute atomic E-state index is 12.2. The lowest BCUT2D eigenvalue weighted by Crippen LogP contribution is -2.69. The van der Waals surface area contributed by atoms with Crippen molar-refractivity contribution in [1.29, 1.82) is 0 Å². The summed E-state index contributed by atoms with van der Waals surface area (Å²) in [6.07, 6.45) is 10.2. The van der Waals surface area contributed by atoms with Crippen LogP contribution in [0.1, 0.15) is 113 Å². The molecule has 0 amide bonds. The second-order valence-corrected chi connectivity index (χ2v) is 15.5. The second kappa shape index (κ2) is 7.48. The molecule has 3 nitrogen and oxygen atoms in total. The minimum atomic E-state index is -0.720. The van der Waals surface area contributed by atoms with E-state index in [9.17, 15) is 15.0 Å². The summed E-state index contributed by atoms with van der Waals surface area (Å²) in [5.74, 6) is 2.81. The van der Waals surface area contributed by atoms with Gasteiger partial charge in [0.1, 0.15) is 0 Å². The molecule has 0 aromatic heterocycles. The molecule has 0 radical (unpaired) electrons. The van der Waals surface area contributed by atoms with Gasteiger partial charge in [0, 0.05) is 5.41 Å². The van der Waals surface area contributed by atoms with Crippen molar-refractivity contribution in [2.24, 2.45) is 68.5 Å². The van der Waals surface area contributed by atoms with Crippen molar-refractivity contribution < 1.29 is 15.0 Å². The second-order valence-electron chi connectivity index (χ2n) is 15.5. The first kappa shape index (κ1) is 25.1. The van der Waals surface area contributed by atoms with Crippen molar-refractivity contribution in [2.45, 2.75) is 119 Å². The van der Waals surface area contributed by atoms with Crippen molar-refractivity contribution in [1.82, 2.24) is 0 Å². The fourth-order valence-corrected chi connectivity index (χ4v) is 12.1. The Labute approximate surface area is 208 Å². The first-order chi connectivity index (χ1) is 15.6. The quantitative estimate of drug-likeness (QED) is 0.417. The van der Waals surface area contributed by atoms with Gasteiger partial charge in [0.05, 0.1) is 12.0 Å². The van der Waals surface area contributed by atoms with Crippen LogP contribution in [0.3, 0.4) is 0 Å². The molecule has 5 fully saturated rings. The lowest BCUT2D eigenvalue weighted by atomic mass is 9.30. The number of carboxylic acids is 1. The number of aliphatic carboxylic acids is 1. The third kappa shape index (κ3) is 2.89. The number of hydrogen-bond donors (Lipinski definition) is 2. The van der Waals surface area contributed by atoms with E-state index < -0.39 is 18.0 Å². The number of rotatable bonds is 1. The summed E-state index contributed by atoms with van der Waals surface area (Å²) in [7, 11) is 0. The van der Waals surface area contributed by atoms with Crippen LogP contribution in [0.15, 0.2) is 0 Å². The standard InChI is InChI=1S/C31H52O3/c1-18-11-13-28(5)15-16-29(6)20(25(28)19(18)2)9-10-23-30(29,7)14-12-22-27(3,4)21(26(33)34)17-24(32)31(22,23)8/h18-25,32H,9-17H2,1-8H3,(H,33,34)/t18-,19+,20-,21?,22+,23+,24?,25+,28-,29-,30-,31+/m1/s1. The SMILES string of the molecule is C[C@@H]1[C@H]2[C@H]3CC[C@@H]4[C@@]5(C)C(O)CC(C(=O)O)C(C)(C)[C@@H]5CC[C@@]4(C)[C@]3(C)CC[C@@]2(C)CC[C@H]1C. The normalized spacial score (nSPS) is 58.6. The number of carboxylic acid groups (broad SMARTS) is 1. The number of hydrogen-bond acceptors (Lipinski definition) is 2. The zero-order valence-electron chi connectivity index (χ0n) is 23.3. The first-order valence-corrected chi connectivity index (χ1v) is 14.6. The van der Waals surface area contributed by atoms with Crippen LogP contribution in [0.5, 0.6) is 0 Å². The average Bonchev–Trinajstić information content (AvgIpc) is 2.74. The maximum Gasteiger partial charge on any atom is 0.307 e. The van der Waals surface area contributed by atoms with Gasteiger partial charge in [0.2, 0.25) is 0 Å². The van der Waals surface area contributed by atoms with Gasteiger partial charge >= 0.3 is 5.97 Å². The molecule has 3 heteroatoms. The number of aliphatic hydroxyl groups excluding tert-OH is 1. The Balaban J connectivity index is 1.55. The lowest BCUT2D eigenvalue weighted by molar-refractivity contribution is -0.274. The van der Waals surface area contributed by atoms with Crippen LogP contribution in [-0.2, 0) is 4.79 Å². The van der Waals surface area contributed by atoms with Crippen molar-refractivity contribution in [3.8, 4) is 0 Å². The highest BCUT2D eigenvalue weighted by atomic mass is 16.4. The zero-order chi connectivity index (χ0) is 25.1. The van der Waals surface area contributed by atoms with Gasteiger partial charge in [-0.3, -0.25) is 4.79 Å². The van der Waals surface area contributed by atoms with Gasteiger partial charge in [0.25, 0.3) is 0 Å². The molecule has 5 aliphatic carbocycles. The van der Waals surface area contributed by atoms with E-state index in [4.69, 9.17) is 0 Å². The summed E-state index contributed by atoms with van der Waals surface area (Å²) in [4.78, 5) is 12.2. The third-order valence-electron chi connectivity index (χ3n) is 14.5. The summed E-state index contributed by atoms with van der Waals surface area (Å²) in [6, 6.07) is 0. The van der Waals surface area contributed by atoms with E-state index in [0.29, 0.717) is 23.2 Å². The molecule has 0 bridgehead atoms. The van der Waals surface area contributed by atoms with Crippen LogP contribution < -0.4 is 0 Å². The van der Waals surface area contributed by atoms with Gasteiger partial charge in [-0.05, 0) is 115 Å². The van der Waals surface area contributed by atoms with Crippen LogP contribution in [-0.4, -0.2) is 22.3 Å². The molecule has 2 N–H and O–H groups in total. The van der Waals surface area contributed by atoms with Gasteiger partial charge in [-0.2, -0.15) is 0 Å². The van der Waals surface area contributed by atoms with Crippen molar-refractivity contribution >= 4 is 5.97 Å². The molecule has 0 aromatic rings. The van der Waals surface area contributed by atoms with E-state index in [2.05, 4.69) is 55.4 Å². The van der Waals surface area contributed by atoms with Crippen LogP contribution in [0.25, 0.3) is 0 Å². The molecule has 5 saturated carbocycles. The van der Waals surface area contributed by atoms with E-state index in [1.165, 1.54) is 44.9 Å². The Hall–Kier alpha value is -0.570. The molecule has 34 heavy (non-hydrogen) atoms. The van der Waals surface area contributed by atoms with Crippen molar-refractivity contribution in [3.05, 3.63) is 0 Å². The predicted octanol–water partition coefficient (Wildman–Crippen LogP) is 7.42. The summed E-state index contributed by atoms with van der Waals surface area (Å²) in [5, 5.41) is 21.7. The largest absolute Gasteiger partial charge is 0.481 e. The van der Waals surface area contributed by atoms with Crippen LogP contribution in [0, 0.1) is 68.5 Å². The highest BCUT2D eigenvalue weighted by molar-refractivity contribution is 5.71. The Kier molecular flexibility index (Phi) is 5.52. The minimum Gasteiger partial charge on any atom is -0.481 e. The number of fused-ring (bicyclic) bond motifs is 7. The fraction of sp³-hybridized carbons (Fsp3) is 0.968. The van der Waals surface area contributed by atoms with Crippen LogP contribution in [0.4, 0.5) is 0 Å². The molecule has 0 aliphatic heterocycles. The number of aliphatic hydroxyl groups is 1. The Morgan fingerprint density at radius 1 is 0.794 bits per heavy atom. The zero-order valence-corrected chi connectivity index (χ0v) is 23.3. The molecule has 0 saturated heterocycles. The topological polar surface area (TPSA) is 57.5 Å². The first-order valence-electron chi connectivity index (χ1n) is 14.6. The maximum atomic E-state index is 12.2. The van der Waals surface area contributed by atoms with E-state index in [1.807, 2.05) is 0 Å². The molecule has 0 aromatic carbocycles. The summed E-state index contributed by atoms with van der Waals surface area (Å²) < 4.78 is 0. The van der Waals surface area contributed by atoms with Gasteiger partial charge in [0.15, 0.2) is 0 Å². The number of carbonyl (C=O) groups is 1. The molecule has 0 heterocycles. The molecule has 2 unspecified atom stereocenters. The highest BCUT2D eigenvalue weighted by Gasteiger charge is 2.71. The molecule has 5 aliphatic rings. The Morgan fingerprint density at radius 2 is 1.47 bits per heavy atom. The Morgan fingerprint density at radius 3 is 2.12 bits per heavy atom. The Bertz CT molecular complexity index is 850. The molecule has 194 valence electrons. The highest BCUT2D eigenvalue weighted by Crippen LogP contribution is 2.77. The monoisotopic (exact) mass is 472 g/mol. The van der Waals surface area contributed by atoms with Crippen molar-refractivity contribution in [2.75, 3.05) is 0 Å². The minimum absolute atomic E-state index is 0.192. The van der Waals surface area contributed by atoms with E-state index in [-0.39, 0.29) is 22.2 Å². The molecule has 5 rings (SSSR count). The van der Waals surface area contributed by atoms with E-state index >= 15 is 0 Å². The summed E-state index contributed by atoms with van der Waals surface area (Å²) >= 11 is 0. The molecule has 0 spiro atoms. The average molecular weight is 473 g/mol. The van der Waals surface area contributed by atoms with Gasteiger partial charge in [-0.1, -0.05) is 55.4 Å². The lowest BCUT2D eigenvalue weighted by Gasteiger charge is -2.74. The third-order valence-corrected chi connectivity index (χ3v) is 14.5. The fourth-order valence-electron chi connectivity index (χ4n) is 12.1. The summed E-state index contributed by atoms with van der Waals surface area (Å²) in [5.41, 5.74) is 0.560. The van der Waals surface area contributed by atoms with Gasteiger partial charge in [-0.25, -0.2) is 0 Å². The summed E-state index contributed by atoms with van der Waals surface area (Å²) in [6.45, 7) is 19.7. The van der Waals surface area contributed by atoms with Gasteiger partial charge in [-0.15, -0.1) is 0 Å². The van der Waals surface area contributed by atoms with Crippen LogP contribution >= 0.6 is 0 Å². The molecular weight excluding hydrogens is 420 g/mol. The molecule has 12 atom stereocenters. The van der Waals surface area contributed by atoms with Crippen LogP contribution in [0.2, 0.25) is 0 Å². The van der Waals surface area contributed by atoms with Crippen molar-refractivity contribution in [3.63, 3.8) is 0 Å². The van der Waals surface area contributed by atoms with Gasteiger partial charge < -0.3 is 10.2 Å². The van der Waals surface area contributed by atoms with E-state index in [1.54, 1.807) is 0 Å². The predicted molar refractivity (Wildman–Crippen MR) is 137 cm³/mol.